The largest absolute Gasteiger partial charge is 0.375 e. The Balaban J connectivity index is 1.53. The molecule has 10 nitrogen and oxygen atoms in total. The number of aryl methyl sites for hydroxylation is 3. The lowest BCUT2D eigenvalue weighted by molar-refractivity contribution is 0.775. The zero-order valence-electron chi connectivity index (χ0n) is 20.2. The minimum Gasteiger partial charge on any atom is -0.375 e. The predicted octanol–water partition coefficient (Wildman–Crippen LogP) is 4.49. The lowest BCUT2D eigenvalue weighted by Gasteiger charge is -2.18. The molecule has 0 bridgehead atoms. The number of anilines is 3. The number of benzene rings is 1. The number of nitrogens with zero attached hydrogens (tertiary/aromatic N) is 7. The first-order chi connectivity index (χ1) is 17.3. The van der Waals surface area contributed by atoms with Crippen LogP contribution in [0.2, 0.25) is 5.02 Å². The third-order valence-electron chi connectivity index (χ3n) is 5.78. The quantitative estimate of drug-likeness (QED) is 0.349. The number of nitrogens with one attached hydrogen (secondary N) is 2. The summed E-state index contributed by atoms with van der Waals surface area (Å²) in [4.78, 5) is 30.2. The molecule has 36 heavy (non-hydrogen) atoms. The molecular formula is C25H24ClN9O. The van der Waals surface area contributed by atoms with Crippen LogP contribution in [0.1, 0.15) is 30.2 Å². The molecule has 4 aromatic heterocycles. The van der Waals surface area contributed by atoms with E-state index in [0.29, 0.717) is 28.3 Å². The standard InChI is InChI=1S/C25H24ClN9O/c1-14-10-15(2)35(33-14)25-29-13-19(26)24(32-25)31-17-6-7-21-18(11-17)20(12-22(36)34(21)4)30-16(3)23-27-8-5-9-28-23/h5-13,16,30H,1-4H3,(H,29,31,32). The highest BCUT2D eigenvalue weighted by Gasteiger charge is 2.15. The molecule has 0 radical (unpaired) electrons. The second-order valence-electron chi connectivity index (χ2n) is 8.49. The molecule has 11 heteroatoms. The zero-order valence-corrected chi connectivity index (χ0v) is 20.9. The van der Waals surface area contributed by atoms with Crippen molar-refractivity contribution in [2.75, 3.05) is 10.6 Å². The van der Waals surface area contributed by atoms with E-state index in [2.05, 4.69) is 35.7 Å². The highest BCUT2D eigenvalue weighted by atomic mass is 35.5. The molecule has 5 rings (SSSR count). The molecule has 182 valence electrons. The van der Waals surface area contributed by atoms with Crippen molar-refractivity contribution in [3.05, 3.63) is 87.6 Å². The van der Waals surface area contributed by atoms with E-state index in [9.17, 15) is 4.79 Å². The highest BCUT2D eigenvalue weighted by Crippen LogP contribution is 2.30. The maximum Gasteiger partial charge on any atom is 0.252 e. The molecule has 0 aliphatic heterocycles. The maximum atomic E-state index is 12.6. The number of aromatic nitrogens is 7. The number of fused-ring (bicyclic) bond motifs is 1. The fourth-order valence-corrected chi connectivity index (χ4v) is 4.14. The molecule has 0 spiro atoms. The molecule has 0 saturated carbocycles. The lowest BCUT2D eigenvalue weighted by Crippen LogP contribution is -2.19. The Morgan fingerprint density at radius 1 is 1.06 bits per heavy atom. The first-order valence-corrected chi connectivity index (χ1v) is 11.7. The minimum atomic E-state index is -0.210. The summed E-state index contributed by atoms with van der Waals surface area (Å²) in [6.45, 7) is 5.80. The topological polar surface area (TPSA) is 115 Å². The van der Waals surface area contributed by atoms with Gasteiger partial charge in [-0.1, -0.05) is 11.6 Å². The number of hydrogen-bond donors (Lipinski definition) is 2. The van der Waals surface area contributed by atoms with Crippen LogP contribution in [0.25, 0.3) is 16.9 Å². The molecule has 1 unspecified atom stereocenters. The third-order valence-corrected chi connectivity index (χ3v) is 6.06. The van der Waals surface area contributed by atoms with E-state index in [4.69, 9.17) is 11.6 Å². The van der Waals surface area contributed by atoms with E-state index in [0.717, 1.165) is 28.0 Å². The second kappa shape index (κ2) is 9.38. The van der Waals surface area contributed by atoms with Crippen molar-refractivity contribution in [3.8, 4) is 5.95 Å². The molecule has 4 heterocycles. The summed E-state index contributed by atoms with van der Waals surface area (Å²) in [6.07, 6.45) is 4.93. The normalized spacial score (nSPS) is 12.0. The summed E-state index contributed by atoms with van der Waals surface area (Å²) in [6, 6.07) is 10.8. The Labute approximate surface area is 212 Å². The Bertz CT molecular complexity index is 1630. The molecule has 1 aromatic carbocycles. The van der Waals surface area contributed by atoms with Gasteiger partial charge in [-0.2, -0.15) is 10.1 Å². The lowest BCUT2D eigenvalue weighted by atomic mass is 10.1. The first-order valence-electron chi connectivity index (χ1n) is 11.3. The number of rotatable bonds is 6. The number of hydrogen-bond acceptors (Lipinski definition) is 8. The van der Waals surface area contributed by atoms with Gasteiger partial charge in [-0.15, -0.1) is 0 Å². The summed E-state index contributed by atoms with van der Waals surface area (Å²) in [5.74, 6) is 1.48. The average Bonchev–Trinajstić information content (AvgIpc) is 3.22. The van der Waals surface area contributed by atoms with Crippen LogP contribution in [-0.2, 0) is 7.05 Å². The van der Waals surface area contributed by atoms with Gasteiger partial charge in [0.15, 0.2) is 5.82 Å². The molecule has 2 N–H and O–H groups in total. The number of pyridine rings is 1. The van der Waals surface area contributed by atoms with Crippen molar-refractivity contribution in [2.24, 2.45) is 7.05 Å². The van der Waals surface area contributed by atoms with Gasteiger partial charge in [-0.25, -0.2) is 19.6 Å². The van der Waals surface area contributed by atoms with Crippen molar-refractivity contribution in [1.82, 2.24) is 34.3 Å². The van der Waals surface area contributed by atoms with Crippen LogP contribution in [0, 0.1) is 13.8 Å². The molecule has 0 fully saturated rings. The van der Waals surface area contributed by atoms with E-state index >= 15 is 0 Å². The van der Waals surface area contributed by atoms with E-state index in [1.54, 1.807) is 47.0 Å². The molecule has 0 amide bonds. The van der Waals surface area contributed by atoms with Crippen LogP contribution in [0.4, 0.5) is 17.2 Å². The fourth-order valence-electron chi connectivity index (χ4n) is 4.01. The molecule has 0 saturated heterocycles. The van der Waals surface area contributed by atoms with Crippen molar-refractivity contribution >= 4 is 39.7 Å². The van der Waals surface area contributed by atoms with Gasteiger partial charge in [-0.05, 0) is 51.1 Å². The van der Waals surface area contributed by atoms with Gasteiger partial charge in [-0.3, -0.25) is 4.79 Å². The zero-order chi connectivity index (χ0) is 25.4. The number of halogens is 1. The molecule has 0 aliphatic rings. The van der Waals surface area contributed by atoms with Gasteiger partial charge < -0.3 is 15.2 Å². The smallest absolute Gasteiger partial charge is 0.252 e. The maximum absolute atomic E-state index is 12.6. The van der Waals surface area contributed by atoms with Crippen LogP contribution in [0.15, 0.2) is 59.8 Å². The molecule has 1 atom stereocenters. The summed E-state index contributed by atoms with van der Waals surface area (Å²) < 4.78 is 3.27. The summed E-state index contributed by atoms with van der Waals surface area (Å²) in [5.41, 5.74) is 3.85. The Hall–Kier alpha value is -4.31. The van der Waals surface area contributed by atoms with Crippen LogP contribution in [-0.4, -0.2) is 34.3 Å². The van der Waals surface area contributed by atoms with Crippen molar-refractivity contribution in [3.63, 3.8) is 0 Å². The first kappa shape index (κ1) is 23.4. The Morgan fingerprint density at radius 2 is 1.83 bits per heavy atom. The van der Waals surface area contributed by atoms with Gasteiger partial charge in [0.2, 0.25) is 0 Å². The second-order valence-corrected chi connectivity index (χ2v) is 8.90. The third kappa shape index (κ3) is 4.50. The van der Waals surface area contributed by atoms with E-state index in [1.165, 1.54) is 0 Å². The van der Waals surface area contributed by atoms with Crippen molar-refractivity contribution < 1.29 is 0 Å². The van der Waals surface area contributed by atoms with Gasteiger partial charge in [0.05, 0.1) is 23.4 Å². The average molecular weight is 502 g/mol. The van der Waals surface area contributed by atoms with E-state index in [-0.39, 0.29) is 11.6 Å². The van der Waals surface area contributed by atoms with Crippen LogP contribution in [0.5, 0.6) is 0 Å². The van der Waals surface area contributed by atoms with Crippen molar-refractivity contribution in [1.29, 1.82) is 0 Å². The summed E-state index contributed by atoms with van der Waals surface area (Å²) >= 11 is 6.42. The van der Waals surface area contributed by atoms with Crippen LogP contribution >= 0.6 is 11.6 Å². The SMILES string of the molecule is Cc1cc(C)n(-c2ncc(Cl)c(Nc3ccc4c(c3)c(NC(C)c3ncccn3)cc(=O)n4C)n2)n1. The van der Waals surface area contributed by atoms with Gasteiger partial charge >= 0.3 is 0 Å². The van der Waals surface area contributed by atoms with E-state index < -0.39 is 0 Å². The van der Waals surface area contributed by atoms with Crippen molar-refractivity contribution in [2.45, 2.75) is 26.8 Å². The Morgan fingerprint density at radius 3 is 2.56 bits per heavy atom. The Kier molecular flexibility index (Phi) is 6.11. The predicted molar refractivity (Wildman–Crippen MR) is 140 cm³/mol. The fraction of sp³-hybridized carbons (Fsp3) is 0.200. The molecule has 0 aliphatic carbocycles. The van der Waals surface area contributed by atoms with Gasteiger partial charge in [0.1, 0.15) is 10.8 Å². The van der Waals surface area contributed by atoms with Gasteiger partial charge in [0.25, 0.3) is 11.5 Å². The minimum absolute atomic E-state index is 0.125. The van der Waals surface area contributed by atoms with E-state index in [1.807, 2.05) is 45.0 Å². The van der Waals surface area contributed by atoms with Gasteiger partial charge in [0, 0.05) is 48.0 Å². The summed E-state index contributed by atoms with van der Waals surface area (Å²) in [5, 5.41) is 12.3. The van der Waals surface area contributed by atoms with Crippen LogP contribution < -0.4 is 16.2 Å². The summed E-state index contributed by atoms with van der Waals surface area (Å²) in [7, 11) is 1.74. The molecular weight excluding hydrogens is 478 g/mol. The van der Waals surface area contributed by atoms with Crippen LogP contribution in [0.3, 0.4) is 0 Å². The molecule has 5 aromatic rings. The monoisotopic (exact) mass is 501 g/mol. The highest BCUT2D eigenvalue weighted by molar-refractivity contribution is 6.32.